The Kier molecular flexibility index (Phi) is 4.35. The zero-order valence-electron chi connectivity index (χ0n) is 12.4. The Balaban J connectivity index is 1.92. The lowest BCUT2D eigenvalue weighted by atomic mass is 10.1. The Bertz CT molecular complexity index is 594. The van der Waals surface area contributed by atoms with Crippen LogP contribution in [-0.4, -0.2) is 47.2 Å². The number of fused-ring (bicyclic) bond motifs is 2. The number of carbonyl (C=O) groups is 1. The third-order valence-corrected chi connectivity index (χ3v) is 5.30. The summed E-state index contributed by atoms with van der Waals surface area (Å²) < 4.78 is 0. The van der Waals surface area contributed by atoms with Gasteiger partial charge in [-0.25, -0.2) is 0 Å². The maximum absolute atomic E-state index is 12.9. The number of nitro benzene ring substituents is 1. The van der Waals surface area contributed by atoms with Gasteiger partial charge >= 0.3 is 0 Å². The lowest BCUT2D eigenvalue weighted by Gasteiger charge is -2.28. The number of nitrogens with zero attached hydrogens (tertiary/aromatic N) is 2. The zero-order chi connectivity index (χ0) is 15.7. The van der Waals surface area contributed by atoms with Crippen LogP contribution in [0.5, 0.6) is 0 Å². The Hall–Kier alpha value is -1.60. The van der Waals surface area contributed by atoms with Crippen LogP contribution in [0.4, 0.5) is 5.69 Å². The normalized spacial score (nSPS) is 24.1. The van der Waals surface area contributed by atoms with Gasteiger partial charge in [0.25, 0.3) is 11.6 Å². The van der Waals surface area contributed by atoms with Gasteiger partial charge in [-0.15, -0.1) is 11.8 Å². The van der Waals surface area contributed by atoms with Gasteiger partial charge in [0, 0.05) is 30.3 Å². The van der Waals surface area contributed by atoms with Crippen LogP contribution in [0.3, 0.4) is 0 Å². The van der Waals surface area contributed by atoms with Crippen LogP contribution >= 0.6 is 11.8 Å². The summed E-state index contributed by atoms with van der Waals surface area (Å²) in [5, 5.41) is 14.5. The van der Waals surface area contributed by atoms with E-state index in [0.29, 0.717) is 10.5 Å². The maximum Gasteiger partial charge on any atom is 0.283 e. The molecule has 1 N–H and O–H groups in total. The zero-order valence-corrected chi connectivity index (χ0v) is 13.3. The summed E-state index contributed by atoms with van der Waals surface area (Å²) in [6.45, 7) is 1.74. The molecule has 2 atom stereocenters. The molecule has 2 aliphatic rings. The van der Waals surface area contributed by atoms with Gasteiger partial charge in [-0.1, -0.05) is 0 Å². The molecule has 2 bridgehead atoms. The van der Waals surface area contributed by atoms with Crippen LogP contribution in [0.2, 0.25) is 0 Å². The molecule has 2 saturated heterocycles. The molecule has 118 valence electrons. The van der Waals surface area contributed by atoms with E-state index in [1.54, 1.807) is 18.4 Å². The Morgan fingerprint density at radius 2 is 2.14 bits per heavy atom. The van der Waals surface area contributed by atoms with Gasteiger partial charge < -0.3 is 10.2 Å². The van der Waals surface area contributed by atoms with Crippen molar-refractivity contribution in [1.82, 2.24) is 10.2 Å². The summed E-state index contributed by atoms with van der Waals surface area (Å²) in [7, 11) is 0. The molecule has 1 aromatic carbocycles. The van der Waals surface area contributed by atoms with Crippen LogP contribution in [0.1, 0.15) is 29.6 Å². The van der Waals surface area contributed by atoms with Crippen molar-refractivity contribution in [3.8, 4) is 0 Å². The topological polar surface area (TPSA) is 75.5 Å². The average Bonchev–Trinajstić information content (AvgIpc) is 2.78. The summed E-state index contributed by atoms with van der Waals surface area (Å²) in [5.41, 5.74) is 0.432. The molecule has 0 aliphatic carbocycles. The van der Waals surface area contributed by atoms with Crippen molar-refractivity contribution in [2.24, 2.45) is 0 Å². The Labute approximate surface area is 133 Å². The van der Waals surface area contributed by atoms with Gasteiger partial charge in [0.05, 0.1) is 9.82 Å². The van der Waals surface area contributed by atoms with Gasteiger partial charge in [-0.3, -0.25) is 14.9 Å². The van der Waals surface area contributed by atoms with Crippen molar-refractivity contribution >= 4 is 23.4 Å². The molecule has 0 aromatic heterocycles. The second kappa shape index (κ2) is 6.26. The van der Waals surface area contributed by atoms with Gasteiger partial charge in [0.2, 0.25) is 0 Å². The minimum absolute atomic E-state index is 0.0126. The van der Waals surface area contributed by atoms with Crippen molar-refractivity contribution in [2.75, 3.05) is 19.3 Å². The number of hydrogen-bond donors (Lipinski definition) is 1. The molecule has 2 aliphatic heterocycles. The minimum Gasteiger partial charge on any atom is -0.331 e. The molecule has 1 aromatic rings. The monoisotopic (exact) mass is 321 g/mol. The van der Waals surface area contributed by atoms with E-state index in [2.05, 4.69) is 5.32 Å². The Morgan fingerprint density at radius 1 is 1.36 bits per heavy atom. The highest BCUT2D eigenvalue weighted by molar-refractivity contribution is 7.98. The van der Waals surface area contributed by atoms with E-state index in [0.717, 1.165) is 32.4 Å². The maximum atomic E-state index is 12.9. The number of rotatable bonds is 3. The summed E-state index contributed by atoms with van der Waals surface area (Å²) in [4.78, 5) is 26.2. The highest BCUT2D eigenvalue weighted by atomic mass is 32.2. The van der Waals surface area contributed by atoms with Crippen LogP contribution in [0.15, 0.2) is 23.1 Å². The first-order valence-corrected chi connectivity index (χ1v) is 8.70. The first-order valence-electron chi connectivity index (χ1n) is 7.47. The highest BCUT2D eigenvalue weighted by Gasteiger charge is 2.38. The summed E-state index contributed by atoms with van der Waals surface area (Å²) >= 11 is 1.32. The molecule has 22 heavy (non-hydrogen) atoms. The van der Waals surface area contributed by atoms with Gasteiger partial charge in [0.1, 0.15) is 0 Å². The standard InChI is InChI=1S/C15H19N3O3S/c1-22-14-5-2-10(8-13(14)18(20)21)15(19)17-11-3-4-12(17)9-16-7-6-11/h2,5,8,11-12,16H,3-4,6-7,9H2,1H3. The highest BCUT2D eigenvalue weighted by Crippen LogP contribution is 2.32. The molecule has 0 spiro atoms. The quantitative estimate of drug-likeness (QED) is 0.525. The van der Waals surface area contributed by atoms with E-state index in [1.807, 2.05) is 4.90 Å². The van der Waals surface area contributed by atoms with Crippen LogP contribution < -0.4 is 5.32 Å². The molecule has 2 fully saturated rings. The summed E-state index contributed by atoms with van der Waals surface area (Å²) in [6, 6.07) is 5.27. The number of nitrogens with one attached hydrogen (secondary N) is 1. The van der Waals surface area contributed by atoms with Crippen LogP contribution in [0, 0.1) is 10.1 Å². The molecule has 1 amide bonds. The van der Waals surface area contributed by atoms with E-state index in [4.69, 9.17) is 0 Å². The van der Waals surface area contributed by atoms with Gasteiger partial charge in [0.15, 0.2) is 0 Å². The fraction of sp³-hybridized carbons (Fsp3) is 0.533. The number of thioether (sulfide) groups is 1. The molecule has 3 rings (SSSR count). The van der Waals surface area contributed by atoms with E-state index >= 15 is 0 Å². The molecular weight excluding hydrogens is 302 g/mol. The van der Waals surface area contributed by atoms with E-state index in [1.165, 1.54) is 17.8 Å². The molecule has 0 radical (unpaired) electrons. The van der Waals surface area contributed by atoms with Crippen molar-refractivity contribution in [2.45, 2.75) is 36.2 Å². The molecule has 0 saturated carbocycles. The van der Waals surface area contributed by atoms with E-state index < -0.39 is 4.92 Å². The smallest absolute Gasteiger partial charge is 0.283 e. The van der Waals surface area contributed by atoms with E-state index in [-0.39, 0.29) is 23.7 Å². The van der Waals surface area contributed by atoms with E-state index in [9.17, 15) is 14.9 Å². The first kappa shape index (κ1) is 15.3. The first-order chi connectivity index (χ1) is 10.6. The number of carbonyl (C=O) groups excluding carboxylic acids is 1. The number of hydrogen-bond acceptors (Lipinski definition) is 5. The third kappa shape index (κ3) is 2.70. The third-order valence-electron chi connectivity index (χ3n) is 4.51. The summed E-state index contributed by atoms with van der Waals surface area (Å²) in [6.07, 6.45) is 4.79. The largest absolute Gasteiger partial charge is 0.331 e. The molecular formula is C15H19N3O3S. The fourth-order valence-corrected chi connectivity index (χ4v) is 3.98. The molecule has 7 heteroatoms. The lowest BCUT2D eigenvalue weighted by Crippen LogP contribution is -2.42. The second-order valence-corrected chi connectivity index (χ2v) is 6.58. The summed E-state index contributed by atoms with van der Waals surface area (Å²) in [5.74, 6) is -0.0769. The van der Waals surface area contributed by atoms with Crippen LogP contribution in [0.25, 0.3) is 0 Å². The predicted octanol–water partition coefficient (Wildman–Crippen LogP) is 2.28. The number of amides is 1. The molecule has 6 nitrogen and oxygen atoms in total. The predicted molar refractivity (Wildman–Crippen MR) is 85.3 cm³/mol. The molecule has 2 heterocycles. The van der Waals surface area contributed by atoms with Gasteiger partial charge in [-0.05, 0) is 44.2 Å². The van der Waals surface area contributed by atoms with Crippen molar-refractivity contribution in [1.29, 1.82) is 0 Å². The van der Waals surface area contributed by atoms with Crippen molar-refractivity contribution in [3.05, 3.63) is 33.9 Å². The SMILES string of the molecule is CSc1ccc(C(=O)N2C3CCNCC2CC3)cc1[N+](=O)[O-]. The van der Waals surface area contributed by atoms with Crippen molar-refractivity contribution in [3.63, 3.8) is 0 Å². The second-order valence-electron chi connectivity index (χ2n) is 5.73. The average molecular weight is 321 g/mol. The van der Waals surface area contributed by atoms with Crippen LogP contribution in [-0.2, 0) is 0 Å². The van der Waals surface area contributed by atoms with Crippen molar-refractivity contribution < 1.29 is 9.72 Å². The lowest BCUT2D eigenvalue weighted by molar-refractivity contribution is -0.387. The number of benzene rings is 1. The minimum atomic E-state index is -0.415. The Morgan fingerprint density at radius 3 is 2.86 bits per heavy atom. The fourth-order valence-electron chi connectivity index (χ4n) is 3.43. The van der Waals surface area contributed by atoms with Gasteiger partial charge in [-0.2, -0.15) is 0 Å². The molecule has 2 unspecified atom stereocenters. The number of nitro groups is 1.